The van der Waals surface area contributed by atoms with Crippen molar-refractivity contribution in [1.82, 2.24) is 4.90 Å². The molecule has 0 unspecified atom stereocenters. The monoisotopic (exact) mass is 315 g/mol. The van der Waals surface area contributed by atoms with E-state index in [2.05, 4.69) is 0 Å². The third-order valence-corrected chi connectivity index (χ3v) is 3.65. The van der Waals surface area contributed by atoms with Gasteiger partial charge in [0, 0.05) is 13.1 Å². The molecule has 1 aliphatic rings. The van der Waals surface area contributed by atoms with E-state index in [1.165, 1.54) is 6.07 Å². The number of halogens is 3. The number of likely N-dealkylation sites (tertiary alicyclic amines) is 1. The SMILES string of the molecule is CC(C)(C)OC(=O)N1CCC(c2ccc(F)c(F)c2F)CC1. The summed E-state index contributed by atoms with van der Waals surface area (Å²) in [4.78, 5) is 13.5. The summed E-state index contributed by atoms with van der Waals surface area (Å²) in [5, 5.41) is 0. The average Bonchev–Trinajstić information content (AvgIpc) is 2.43. The molecule has 0 aliphatic carbocycles. The number of ether oxygens (including phenoxy) is 1. The van der Waals surface area contributed by atoms with Crippen molar-refractivity contribution in [3.8, 4) is 0 Å². The highest BCUT2D eigenvalue weighted by Crippen LogP contribution is 2.31. The lowest BCUT2D eigenvalue weighted by molar-refractivity contribution is 0.0204. The highest BCUT2D eigenvalue weighted by molar-refractivity contribution is 5.68. The van der Waals surface area contributed by atoms with Crippen molar-refractivity contribution in [2.45, 2.75) is 45.1 Å². The molecule has 0 radical (unpaired) electrons. The van der Waals surface area contributed by atoms with Crippen LogP contribution < -0.4 is 0 Å². The summed E-state index contributed by atoms with van der Waals surface area (Å²) >= 11 is 0. The second-order valence-corrected chi connectivity index (χ2v) is 6.51. The van der Waals surface area contributed by atoms with Gasteiger partial charge in [0.15, 0.2) is 17.5 Å². The fraction of sp³-hybridized carbons (Fsp3) is 0.562. The first-order valence-corrected chi connectivity index (χ1v) is 7.30. The Bertz CT molecular complexity index is 561. The van der Waals surface area contributed by atoms with Crippen LogP contribution in [0.25, 0.3) is 0 Å². The van der Waals surface area contributed by atoms with E-state index < -0.39 is 29.1 Å². The van der Waals surface area contributed by atoms with Crippen LogP contribution in [0.5, 0.6) is 0 Å². The van der Waals surface area contributed by atoms with Crippen molar-refractivity contribution in [1.29, 1.82) is 0 Å². The molecule has 0 saturated carbocycles. The van der Waals surface area contributed by atoms with Crippen molar-refractivity contribution in [3.63, 3.8) is 0 Å². The lowest BCUT2D eigenvalue weighted by Crippen LogP contribution is -2.41. The number of carbonyl (C=O) groups is 1. The minimum absolute atomic E-state index is 0.169. The Morgan fingerprint density at radius 3 is 2.27 bits per heavy atom. The minimum Gasteiger partial charge on any atom is -0.444 e. The van der Waals surface area contributed by atoms with Crippen LogP contribution in [0.3, 0.4) is 0 Å². The predicted molar refractivity (Wildman–Crippen MR) is 76.1 cm³/mol. The minimum atomic E-state index is -1.44. The van der Waals surface area contributed by atoms with Crippen molar-refractivity contribution >= 4 is 6.09 Å². The lowest BCUT2D eigenvalue weighted by atomic mass is 9.89. The number of benzene rings is 1. The second kappa shape index (κ2) is 6.18. The number of nitrogens with zero attached hydrogens (tertiary/aromatic N) is 1. The molecule has 1 heterocycles. The molecule has 1 fully saturated rings. The Morgan fingerprint density at radius 2 is 1.73 bits per heavy atom. The van der Waals surface area contributed by atoms with Gasteiger partial charge in [-0.1, -0.05) is 6.07 Å². The van der Waals surface area contributed by atoms with Gasteiger partial charge in [-0.15, -0.1) is 0 Å². The molecule has 0 spiro atoms. The van der Waals surface area contributed by atoms with Gasteiger partial charge in [0.1, 0.15) is 5.60 Å². The van der Waals surface area contributed by atoms with Gasteiger partial charge in [0.05, 0.1) is 0 Å². The zero-order chi connectivity index (χ0) is 16.5. The molecular formula is C16H20F3NO2. The Hall–Kier alpha value is -1.72. The van der Waals surface area contributed by atoms with Gasteiger partial charge in [-0.2, -0.15) is 0 Å². The molecule has 1 saturated heterocycles. The summed E-state index contributed by atoms with van der Waals surface area (Å²) in [6, 6.07) is 2.22. The molecule has 0 N–H and O–H groups in total. The smallest absolute Gasteiger partial charge is 0.410 e. The van der Waals surface area contributed by atoms with E-state index in [1.54, 1.807) is 25.7 Å². The molecule has 1 aliphatic heterocycles. The maximum Gasteiger partial charge on any atom is 0.410 e. The molecule has 0 atom stereocenters. The molecule has 22 heavy (non-hydrogen) atoms. The molecule has 2 rings (SSSR count). The molecule has 1 aromatic rings. The van der Waals surface area contributed by atoms with Crippen molar-refractivity contribution in [3.05, 3.63) is 35.1 Å². The molecule has 6 heteroatoms. The maximum atomic E-state index is 13.8. The van der Waals surface area contributed by atoms with Crippen molar-refractivity contribution in [2.24, 2.45) is 0 Å². The third kappa shape index (κ3) is 3.72. The Balaban J connectivity index is 2.01. The van der Waals surface area contributed by atoms with E-state index in [1.807, 2.05) is 0 Å². The molecule has 1 amide bonds. The first-order chi connectivity index (χ1) is 10.2. The van der Waals surface area contributed by atoms with Crippen LogP contribution in [0, 0.1) is 17.5 Å². The quantitative estimate of drug-likeness (QED) is 0.726. The van der Waals surface area contributed by atoms with Crippen molar-refractivity contribution in [2.75, 3.05) is 13.1 Å². The Labute approximate surface area is 128 Å². The summed E-state index contributed by atoms with van der Waals surface area (Å²) in [6.45, 7) is 6.16. The molecular weight excluding hydrogens is 295 g/mol. The van der Waals surface area contributed by atoms with Gasteiger partial charge in [-0.25, -0.2) is 18.0 Å². The highest BCUT2D eigenvalue weighted by Gasteiger charge is 2.29. The summed E-state index contributed by atoms with van der Waals surface area (Å²) < 4.78 is 45.4. The number of hydrogen-bond donors (Lipinski definition) is 0. The van der Waals surface area contributed by atoms with Gasteiger partial charge in [0.25, 0.3) is 0 Å². The lowest BCUT2D eigenvalue weighted by Gasteiger charge is -2.33. The van der Waals surface area contributed by atoms with Gasteiger partial charge in [0.2, 0.25) is 0 Å². The van der Waals surface area contributed by atoms with Crippen LogP contribution in [0.2, 0.25) is 0 Å². The van der Waals surface area contributed by atoms with Crippen LogP contribution in [-0.4, -0.2) is 29.7 Å². The molecule has 0 bridgehead atoms. The van der Waals surface area contributed by atoms with E-state index in [0.717, 1.165) is 6.07 Å². The fourth-order valence-corrected chi connectivity index (χ4v) is 2.56. The molecule has 122 valence electrons. The third-order valence-electron chi connectivity index (χ3n) is 3.65. The number of hydrogen-bond acceptors (Lipinski definition) is 2. The first kappa shape index (κ1) is 16.6. The van der Waals surface area contributed by atoms with Crippen LogP contribution in [-0.2, 0) is 4.74 Å². The first-order valence-electron chi connectivity index (χ1n) is 7.30. The van der Waals surface area contributed by atoms with Crippen molar-refractivity contribution < 1.29 is 22.7 Å². The van der Waals surface area contributed by atoms with Gasteiger partial charge in [-0.05, 0) is 51.2 Å². The van der Waals surface area contributed by atoms with Gasteiger partial charge < -0.3 is 9.64 Å². The zero-order valence-electron chi connectivity index (χ0n) is 13.0. The summed E-state index contributed by atoms with van der Waals surface area (Å²) in [5.74, 6) is -3.98. The molecule has 1 aromatic carbocycles. The van der Waals surface area contributed by atoms with E-state index >= 15 is 0 Å². The number of piperidine rings is 1. The maximum absolute atomic E-state index is 13.8. The predicted octanol–water partition coefficient (Wildman–Crippen LogP) is 4.22. The van der Waals surface area contributed by atoms with Crippen LogP contribution in [0.15, 0.2) is 12.1 Å². The topological polar surface area (TPSA) is 29.5 Å². The fourth-order valence-electron chi connectivity index (χ4n) is 2.56. The van der Waals surface area contributed by atoms with Crippen LogP contribution in [0.1, 0.15) is 45.1 Å². The normalized spacial score (nSPS) is 16.7. The van der Waals surface area contributed by atoms with Gasteiger partial charge in [-0.3, -0.25) is 0 Å². The summed E-state index contributed by atoms with van der Waals surface area (Å²) in [7, 11) is 0. The van der Waals surface area contributed by atoms with E-state index in [0.29, 0.717) is 25.9 Å². The van der Waals surface area contributed by atoms with Gasteiger partial charge >= 0.3 is 6.09 Å². The Kier molecular flexibility index (Phi) is 4.68. The highest BCUT2D eigenvalue weighted by atomic mass is 19.2. The second-order valence-electron chi connectivity index (χ2n) is 6.51. The average molecular weight is 315 g/mol. The number of carbonyl (C=O) groups excluding carboxylic acids is 1. The van der Waals surface area contributed by atoms with E-state index in [-0.39, 0.29) is 11.5 Å². The largest absolute Gasteiger partial charge is 0.444 e. The summed E-state index contributed by atoms with van der Waals surface area (Å²) in [5.41, 5.74) is -0.400. The molecule has 0 aromatic heterocycles. The standard InChI is InChI=1S/C16H20F3NO2/c1-16(2,3)22-15(21)20-8-6-10(7-9-20)11-4-5-12(17)14(19)13(11)18/h4-5,10H,6-9H2,1-3H3. The summed E-state index contributed by atoms with van der Waals surface area (Å²) in [6.07, 6.45) is 0.569. The Morgan fingerprint density at radius 1 is 1.14 bits per heavy atom. The van der Waals surface area contributed by atoms with Crippen LogP contribution in [0.4, 0.5) is 18.0 Å². The van der Waals surface area contributed by atoms with E-state index in [4.69, 9.17) is 4.74 Å². The molecule has 3 nitrogen and oxygen atoms in total. The number of amides is 1. The van der Waals surface area contributed by atoms with Crippen LogP contribution >= 0.6 is 0 Å². The number of rotatable bonds is 1. The zero-order valence-corrected chi connectivity index (χ0v) is 13.0. The van der Waals surface area contributed by atoms with E-state index in [9.17, 15) is 18.0 Å².